The van der Waals surface area contributed by atoms with Crippen LogP contribution in [-0.4, -0.2) is 28.6 Å². The van der Waals surface area contributed by atoms with E-state index in [1.54, 1.807) is 6.07 Å². The topological polar surface area (TPSA) is 96.6 Å². The van der Waals surface area contributed by atoms with E-state index >= 15 is 0 Å². The minimum absolute atomic E-state index is 0.0192. The summed E-state index contributed by atoms with van der Waals surface area (Å²) in [5.74, 6) is -1.42. The van der Waals surface area contributed by atoms with Gasteiger partial charge in [-0.15, -0.1) is 0 Å². The average Bonchev–Trinajstić information content (AvgIpc) is 3.20. The average molecular weight is 558 g/mol. The van der Waals surface area contributed by atoms with Gasteiger partial charge in [0, 0.05) is 16.0 Å². The predicted molar refractivity (Wildman–Crippen MR) is 128 cm³/mol. The molecule has 1 aromatic heterocycles. The number of rotatable bonds is 5. The number of fused-ring (bicyclic) bond motifs is 1. The summed E-state index contributed by atoms with van der Waals surface area (Å²) in [4.78, 5) is 11.4. The molecule has 0 aliphatic carbocycles. The molecule has 0 fully saturated rings. The quantitative estimate of drug-likeness (QED) is 0.300. The highest BCUT2D eigenvalue weighted by atomic mass is 35.5. The molecule has 0 radical (unpaired) electrons. The summed E-state index contributed by atoms with van der Waals surface area (Å²) in [7, 11) is -4.46. The second-order valence-corrected chi connectivity index (χ2v) is 10.5. The maximum atomic E-state index is 13.7. The number of aromatic carboxylic acids is 1. The normalized spacial score (nSPS) is 13.2. The Labute approximate surface area is 213 Å². The molecule has 0 saturated carbocycles. The first-order valence-electron chi connectivity index (χ1n) is 10.2. The van der Waals surface area contributed by atoms with E-state index in [0.717, 1.165) is 28.2 Å². The molecule has 4 aromatic rings. The van der Waals surface area contributed by atoms with Gasteiger partial charge in [0.15, 0.2) is 0 Å². The predicted octanol–water partition coefficient (Wildman–Crippen LogP) is 6.29. The second-order valence-electron chi connectivity index (χ2n) is 7.91. The van der Waals surface area contributed by atoms with Crippen LogP contribution in [0.25, 0.3) is 10.9 Å². The SMILES string of the molecule is Cc1cc(C(F)(F)F)cc2cc(C(O)c3c(Cl)ccc(C(=O)O)c3Cl)n(S(=O)(=O)c3ccccc3)c12. The van der Waals surface area contributed by atoms with Crippen LogP contribution in [0.15, 0.2) is 65.6 Å². The van der Waals surface area contributed by atoms with Crippen molar-refractivity contribution < 1.29 is 36.6 Å². The molecule has 0 amide bonds. The number of aromatic nitrogens is 1. The lowest BCUT2D eigenvalue weighted by Gasteiger charge is -2.19. The second kappa shape index (κ2) is 9.11. The molecule has 1 atom stereocenters. The van der Waals surface area contributed by atoms with Crippen LogP contribution in [0.3, 0.4) is 0 Å². The van der Waals surface area contributed by atoms with Gasteiger partial charge in [-0.25, -0.2) is 17.2 Å². The number of hydrogen-bond acceptors (Lipinski definition) is 4. The van der Waals surface area contributed by atoms with Crippen LogP contribution in [0.4, 0.5) is 13.2 Å². The highest BCUT2D eigenvalue weighted by Crippen LogP contribution is 2.41. The molecule has 0 spiro atoms. The van der Waals surface area contributed by atoms with Crippen molar-refractivity contribution in [1.29, 1.82) is 0 Å². The van der Waals surface area contributed by atoms with E-state index in [1.807, 2.05) is 0 Å². The maximum Gasteiger partial charge on any atom is 0.416 e. The minimum Gasteiger partial charge on any atom is -0.478 e. The Morgan fingerprint density at radius 1 is 1.03 bits per heavy atom. The Balaban J connectivity index is 2.10. The van der Waals surface area contributed by atoms with E-state index in [9.17, 15) is 36.6 Å². The number of alkyl halides is 3. The molecule has 0 saturated heterocycles. The molecular formula is C24H16Cl2F3NO5S. The van der Waals surface area contributed by atoms with Crippen molar-refractivity contribution in [2.45, 2.75) is 24.1 Å². The van der Waals surface area contributed by atoms with Crippen LogP contribution in [0.5, 0.6) is 0 Å². The number of aliphatic hydroxyl groups excluding tert-OH is 1. The largest absolute Gasteiger partial charge is 0.478 e. The number of hydrogen-bond donors (Lipinski definition) is 2. The van der Waals surface area contributed by atoms with Crippen molar-refractivity contribution in [2.24, 2.45) is 0 Å². The summed E-state index contributed by atoms with van der Waals surface area (Å²) < 4.78 is 68.6. The highest BCUT2D eigenvalue weighted by molar-refractivity contribution is 7.90. The molecule has 6 nitrogen and oxygen atoms in total. The molecule has 4 rings (SSSR count). The van der Waals surface area contributed by atoms with Gasteiger partial charge in [-0.1, -0.05) is 41.4 Å². The van der Waals surface area contributed by atoms with Crippen LogP contribution >= 0.6 is 23.2 Å². The zero-order valence-corrected chi connectivity index (χ0v) is 20.5. The summed E-state index contributed by atoms with van der Waals surface area (Å²) in [6, 6.07) is 12.0. The third-order valence-corrected chi connectivity index (χ3v) is 8.07. The summed E-state index contributed by atoms with van der Waals surface area (Å²) in [6.07, 6.45) is -6.62. The lowest BCUT2D eigenvalue weighted by atomic mass is 10.0. The van der Waals surface area contributed by atoms with E-state index in [4.69, 9.17) is 23.2 Å². The molecule has 3 aromatic carbocycles. The van der Waals surface area contributed by atoms with Gasteiger partial charge < -0.3 is 10.2 Å². The van der Waals surface area contributed by atoms with Crippen LogP contribution in [0, 0.1) is 6.92 Å². The van der Waals surface area contributed by atoms with Crippen molar-refractivity contribution in [3.8, 4) is 0 Å². The number of nitrogens with zero attached hydrogens (tertiary/aromatic N) is 1. The Morgan fingerprint density at radius 3 is 2.25 bits per heavy atom. The molecule has 0 aliphatic rings. The Bertz CT molecular complexity index is 1620. The van der Waals surface area contributed by atoms with E-state index in [2.05, 4.69) is 0 Å². The molecule has 12 heteroatoms. The van der Waals surface area contributed by atoms with Crippen molar-refractivity contribution in [2.75, 3.05) is 0 Å². The monoisotopic (exact) mass is 557 g/mol. The zero-order chi connectivity index (χ0) is 26.6. The number of carboxylic acid groups (broad SMARTS) is 1. The Hall–Kier alpha value is -3.05. The number of benzene rings is 3. The maximum absolute atomic E-state index is 13.7. The third-order valence-electron chi connectivity index (χ3n) is 5.59. The third kappa shape index (κ3) is 4.34. The van der Waals surface area contributed by atoms with Crippen molar-refractivity contribution >= 4 is 50.1 Å². The minimum atomic E-state index is -4.71. The summed E-state index contributed by atoms with van der Waals surface area (Å²) in [5.41, 5.74) is -2.20. The molecule has 188 valence electrons. The Kier molecular flexibility index (Phi) is 6.59. The van der Waals surface area contributed by atoms with Crippen LogP contribution < -0.4 is 0 Å². The van der Waals surface area contributed by atoms with Gasteiger partial charge in [0.05, 0.1) is 32.3 Å². The fourth-order valence-electron chi connectivity index (χ4n) is 3.98. The van der Waals surface area contributed by atoms with Gasteiger partial charge in [-0.2, -0.15) is 13.2 Å². The zero-order valence-electron chi connectivity index (χ0n) is 18.2. The van der Waals surface area contributed by atoms with E-state index in [-0.39, 0.29) is 37.6 Å². The van der Waals surface area contributed by atoms with Crippen molar-refractivity contribution in [3.63, 3.8) is 0 Å². The number of aryl methyl sites for hydroxylation is 1. The highest BCUT2D eigenvalue weighted by Gasteiger charge is 2.35. The first kappa shape index (κ1) is 26.0. The lowest BCUT2D eigenvalue weighted by molar-refractivity contribution is -0.137. The summed E-state index contributed by atoms with van der Waals surface area (Å²) in [5, 5.41) is 20.0. The Morgan fingerprint density at radius 2 is 1.67 bits per heavy atom. The molecule has 2 N–H and O–H groups in total. The summed E-state index contributed by atoms with van der Waals surface area (Å²) in [6.45, 7) is 1.32. The van der Waals surface area contributed by atoms with E-state index < -0.39 is 44.4 Å². The van der Waals surface area contributed by atoms with E-state index in [1.165, 1.54) is 37.3 Å². The van der Waals surface area contributed by atoms with E-state index in [0.29, 0.717) is 0 Å². The van der Waals surface area contributed by atoms with Crippen LogP contribution in [-0.2, 0) is 16.2 Å². The van der Waals surface area contributed by atoms with Gasteiger partial charge in [-0.3, -0.25) is 0 Å². The van der Waals surface area contributed by atoms with Gasteiger partial charge in [-0.05, 0) is 55.0 Å². The van der Waals surface area contributed by atoms with Gasteiger partial charge >= 0.3 is 12.1 Å². The number of carbonyl (C=O) groups is 1. The fourth-order valence-corrected chi connectivity index (χ4v) is 6.27. The van der Waals surface area contributed by atoms with Crippen molar-refractivity contribution in [1.82, 2.24) is 3.97 Å². The smallest absolute Gasteiger partial charge is 0.416 e. The molecule has 1 unspecified atom stereocenters. The fraction of sp³-hybridized carbons (Fsp3) is 0.125. The first-order valence-corrected chi connectivity index (χ1v) is 12.4. The lowest BCUT2D eigenvalue weighted by Crippen LogP contribution is -2.19. The van der Waals surface area contributed by atoms with Gasteiger partial charge in [0.25, 0.3) is 10.0 Å². The van der Waals surface area contributed by atoms with Crippen molar-refractivity contribution in [3.05, 3.63) is 98.7 Å². The van der Waals surface area contributed by atoms with Gasteiger partial charge in [0.1, 0.15) is 6.10 Å². The molecule has 0 bridgehead atoms. The standard InChI is InChI=1S/C24H16Cl2F3NO5S/c1-12-9-14(24(27,28)29)10-13-11-18(22(31)19-17(25)8-7-16(20(19)26)23(32)33)30(21(12)13)36(34,35)15-5-3-2-4-6-15/h2-11,22,31H,1H3,(H,32,33). The van der Waals surface area contributed by atoms with Crippen LogP contribution in [0.1, 0.15) is 38.8 Å². The number of carboxylic acids is 1. The van der Waals surface area contributed by atoms with Crippen LogP contribution in [0.2, 0.25) is 10.0 Å². The molecular weight excluding hydrogens is 542 g/mol. The first-order chi connectivity index (χ1) is 16.7. The molecule has 0 aliphatic heterocycles. The van der Waals surface area contributed by atoms with Gasteiger partial charge in [0.2, 0.25) is 0 Å². The number of halogens is 5. The molecule has 1 heterocycles. The number of aliphatic hydroxyl groups is 1. The summed E-state index contributed by atoms with van der Waals surface area (Å²) >= 11 is 12.4. The molecule has 36 heavy (non-hydrogen) atoms.